The molecule has 1 aliphatic rings. The number of benzene rings is 2. The van der Waals surface area contributed by atoms with Crippen LogP contribution in [0, 0.1) is 0 Å². The van der Waals surface area contributed by atoms with Gasteiger partial charge in [0.05, 0.1) is 0 Å². The summed E-state index contributed by atoms with van der Waals surface area (Å²) < 4.78 is 10.6. The van der Waals surface area contributed by atoms with Crippen molar-refractivity contribution in [2.45, 2.75) is 31.3 Å². The maximum Gasteiger partial charge on any atom is 0.326 e. The Balaban J connectivity index is 1.78. The molecule has 2 atom stereocenters. The Morgan fingerprint density at radius 1 is 0.906 bits per heavy atom. The van der Waals surface area contributed by atoms with Crippen LogP contribution < -0.4 is 20.1 Å². The summed E-state index contributed by atoms with van der Waals surface area (Å²) in [6.45, 7) is 0.0807. The van der Waals surface area contributed by atoms with E-state index in [9.17, 15) is 24.3 Å². The molecule has 10 nitrogen and oxygen atoms in total. The summed E-state index contributed by atoms with van der Waals surface area (Å²) >= 11 is 0. The van der Waals surface area contributed by atoms with Gasteiger partial charge in [0, 0.05) is 18.4 Å². The van der Waals surface area contributed by atoms with Gasteiger partial charge in [0.25, 0.3) is 5.91 Å². The molecule has 4 N–H and O–H groups in total. The lowest BCUT2D eigenvalue weighted by atomic mass is 10.0. The van der Waals surface area contributed by atoms with Gasteiger partial charge in [0.1, 0.15) is 12.1 Å². The monoisotopic (exact) mass is 442 g/mol. The van der Waals surface area contributed by atoms with Gasteiger partial charge in [-0.15, -0.1) is 0 Å². The first-order valence-corrected chi connectivity index (χ1v) is 9.83. The molecule has 168 valence electrons. The van der Waals surface area contributed by atoms with Crippen molar-refractivity contribution >= 4 is 23.8 Å². The van der Waals surface area contributed by atoms with Crippen LogP contribution in [0.1, 0.15) is 28.8 Å². The Labute approximate surface area is 183 Å². The second-order valence-electron chi connectivity index (χ2n) is 7.12. The van der Waals surface area contributed by atoms with Crippen LogP contribution in [-0.4, -0.2) is 52.8 Å². The maximum atomic E-state index is 12.9. The number of aliphatic carboxylic acids is 2. The van der Waals surface area contributed by atoms with E-state index >= 15 is 0 Å². The van der Waals surface area contributed by atoms with Crippen LogP contribution in [0.4, 0.5) is 0 Å². The van der Waals surface area contributed by atoms with Gasteiger partial charge in [-0.2, -0.15) is 0 Å². The molecule has 2 aromatic carbocycles. The van der Waals surface area contributed by atoms with Gasteiger partial charge in [-0.1, -0.05) is 24.3 Å². The smallest absolute Gasteiger partial charge is 0.326 e. The van der Waals surface area contributed by atoms with Crippen LogP contribution in [0.3, 0.4) is 0 Å². The van der Waals surface area contributed by atoms with Gasteiger partial charge in [-0.05, 0) is 36.2 Å². The third kappa shape index (κ3) is 5.97. The number of amides is 2. The normalized spacial score (nSPS) is 13.6. The quantitative estimate of drug-likeness (QED) is 0.428. The van der Waals surface area contributed by atoms with Crippen molar-refractivity contribution in [3.63, 3.8) is 0 Å². The minimum Gasteiger partial charge on any atom is -0.481 e. The fraction of sp³-hybridized carbons (Fsp3) is 0.273. The summed E-state index contributed by atoms with van der Waals surface area (Å²) in [6, 6.07) is 10.8. The highest BCUT2D eigenvalue weighted by Crippen LogP contribution is 2.32. The molecule has 1 heterocycles. The molecular formula is C22H22N2O8. The molecule has 0 radical (unpaired) electrons. The summed E-state index contributed by atoms with van der Waals surface area (Å²) in [5, 5.41) is 23.1. The molecular weight excluding hydrogens is 420 g/mol. The predicted octanol–water partition coefficient (Wildman–Crippen LogP) is 1.19. The second kappa shape index (κ2) is 10.3. The van der Waals surface area contributed by atoms with Crippen LogP contribution >= 0.6 is 0 Å². The van der Waals surface area contributed by atoms with E-state index < -0.39 is 42.3 Å². The molecule has 0 unspecified atom stereocenters. The lowest BCUT2D eigenvalue weighted by molar-refractivity contribution is -0.143. The molecule has 0 saturated carbocycles. The van der Waals surface area contributed by atoms with Gasteiger partial charge in [-0.3, -0.25) is 14.4 Å². The molecule has 0 saturated heterocycles. The standard InChI is InChI=1S/C22H22N2O8/c25-19(26)9-7-15(22(29)30)23-21(28)16(24-20(27)14-4-2-1-3-5-14)10-13-6-8-17-18(11-13)32-12-31-17/h1-6,8,11,15-16H,7,9-10,12H2,(H,23,28)(H,24,27)(H,25,26)(H,29,30)/t15-,16+/m0/s1. The number of carbonyl (C=O) groups excluding carboxylic acids is 2. The highest BCUT2D eigenvalue weighted by atomic mass is 16.7. The molecule has 2 aromatic rings. The van der Waals surface area contributed by atoms with Crippen molar-refractivity contribution in [1.29, 1.82) is 0 Å². The average Bonchev–Trinajstić information content (AvgIpc) is 3.24. The van der Waals surface area contributed by atoms with Crippen molar-refractivity contribution < 1.29 is 38.9 Å². The summed E-state index contributed by atoms with van der Waals surface area (Å²) in [7, 11) is 0. The first-order valence-electron chi connectivity index (χ1n) is 9.83. The first kappa shape index (κ1) is 22.6. The van der Waals surface area contributed by atoms with Gasteiger partial charge in [-0.25, -0.2) is 4.79 Å². The Hall–Kier alpha value is -4.08. The maximum absolute atomic E-state index is 12.9. The predicted molar refractivity (Wildman–Crippen MR) is 110 cm³/mol. The number of ether oxygens (including phenoxy) is 2. The average molecular weight is 442 g/mol. The second-order valence-corrected chi connectivity index (χ2v) is 7.12. The van der Waals surface area contributed by atoms with Crippen molar-refractivity contribution in [3.05, 3.63) is 59.7 Å². The molecule has 32 heavy (non-hydrogen) atoms. The number of carbonyl (C=O) groups is 4. The highest BCUT2D eigenvalue weighted by molar-refractivity contribution is 5.98. The molecule has 3 rings (SSSR count). The summed E-state index contributed by atoms with van der Waals surface area (Å²) in [5.74, 6) is -2.74. The molecule has 0 aromatic heterocycles. The number of hydrogen-bond acceptors (Lipinski definition) is 6. The number of fused-ring (bicyclic) bond motifs is 1. The van der Waals surface area contributed by atoms with E-state index in [0.717, 1.165) is 0 Å². The summed E-state index contributed by atoms with van der Waals surface area (Å²) in [6.07, 6.45) is -0.674. The number of nitrogens with one attached hydrogen (secondary N) is 2. The van der Waals surface area contributed by atoms with Gasteiger partial charge >= 0.3 is 11.9 Å². The molecule has 0 spiro atoms. The van der Waals surface area contributed by atoms with Crippen molar-refractivity contribution in [2.75, 3.05) is 6.79 Å². The van der Waals surface area contributed by atoms with E-state index in [1.807, 2.05) is 0 Å². The third-order valence-electron chi connectivity index (χ3n) is 4.80. The van der Waals surface area contributed by atoms with E-state index in [0.29, 0.717) is 22.6 Å². The van der Waals surface area contributed by atoms with Crippen LogP contribution in [0.5, 0.6) is 11.5 Å². The Morgan fingerprint density at radius 3 is 2.31 bits per heavy atom. The summed E-state index contributed by atoms with van der Waals surface area (Å²) in [4.78, 5) is 47.8. The zero-order valence-corrected chi connectivity index (χ0v) is 16.9. The molecule has 0 bridgehead atoms. The van der Waals surface area contributed by atoms with Crippen molar-refractivity contribution in [2.24, 2.45) is 0 Å². The molecule has 10 heteroatoms. The number of carboxylic acid groups (broad SMARTS) is 2. The number of hydrogen-bond donors (Lipinski definition) is 4. The van der Waals surface area contributed by atoms with Crippen molar-refractivity contribution in [1.82, 2.24) is 10.6 Å². The Morgan fingerprint density at radius 2 is 1.62 bits per heavy atom. The van der Waals surface area contributed by atoms with Crippen LogP contribution in [0.2, 0.25) is 0 Å². The van der Waals surface area contributed by atoms with Gasteiger partial charge in [0.15, 0.2) is 11.5 Å². The van der Waals surface area contributed by atoms with E-state index in [-0.39, 0.29) is 19.6 Å². The summed E-state index contributed by atoms with van der Waals surface area (Å²) in [5.41, 5.74) is 0.983. The molecule has 2 amide bonds. The van der Waals surface area contributed by atoms with Gasteiger partial charge < -0.3 is 30.3 Å². The first-order chi connectivity index (χ1) is 15.3. The Bertz CT molecular complexity index is 1010. The topological polar surface area (TPSA) is 151 Å². The third-order valence-corrected chi connectivity index (χ3v) is 4.80. The fourth-order valence-electron chi connectivity index (χ4n) is 3.14. The van der Waals surface area contributed by atoms with E-state index in [4.69, 9.17) is 14.6 Å². The van der Waals surface area contributed by atoms with E-state index in [2.05, 4.69) is 10.6 Å². The van der Waals surface area contributed by atoms with E-state index in [1.54, 1.807) is 48.5 Å². The minimum absolute atomic E-state index is 0.0479. The van der Waals surface area contributed by atoms with Crippen LogP contribution in [0.25, 0.3) is 0 Å². The zero-order chi connectivity index (χ0) is 23.1. The number of rotatable bonds is 10. The largest absolute Gasteiger partial charge is 0.481 e. The molecule has 0 fully saturated rings. The molecule has 1 aliphatic heterocycles. The highest BCUT2D eigenvalue weighted by Gasteiger charge is 2.28. The number of carboxylic acids is 2. The fourth-order valence-corrected chi connectivity index (χ4v) is 3.14. The van der Waals surface area contributed by atoms with Crippen molar-refractivity contribution in [3.8, 4) is 11.5 Å². The zero-order valence-electron chi connectivity index (χ0n) is 16.9. The lowest BCUT2D eigenvalue weighted by Crippen LogP contribution is -2.52. The Kier molecular flexibility index (Phi) is 7.27. The van der Waals surface area contributed by atoms with E-state index in [1.165, 1.54) is 0 Å². The lowest BCUT2D eigenvalue weighted by Gasteiger charge is -2.21. The van der Waals surface area contributed by atoms with Gasteiger partial charge in [0.2, 0.25) is 12.7 Å². The van der Waals surface area contributed by atoms with Crippen LogP contribution in [0.15, 0.2) is 48.5 Å². The SMILES string of the molecule is O=C(O)CC[C@H](NC(=O)[C@@H](Cc1ccc2c(c1)OCO2)NC(=O)c1ccccc1)C(=O)O. The molecule has 0 aliphatic carbocycles. The van der Waals surface area contributed by atoms with Crippen LogP contribution in [-0.2, 0) is 20.8 Å². The minimum atomic E-state index is -1.41.